The number of benzene rings is 1. The van der Waals surface area contributed by atoms with E-state index in [-0.39, 0.29) is 18.0 Å². The number of halogens is 3. The summed E-state index contributed by atoms with van der Waals surface area (Å²) in [5, 5.41) is 0. The number of hydrogen-bond acceptors (Lipinski definition) is 1. The molecule has 1 heterocycles. The number of imidazole rings is 1. The summed E-state index contributed by atoms with van der Waals surface area (Å²) in [5.74, 6) is -0.323. The van der Waals surface area contributed by atoms with Gasteiger partial charge in [0.2, 0.25) is 0 Å². The average molecular weight is 243 g/mol. The van der Waals surface area contributed by atoms with Gasteiger partial charge >= 0.3 is 0 Å². The molecule has 0 atom stereocenters. The molecule has 0 N–H and O–H groups in total. The molecule has 0 radical (unpaired) electrons. The van der Waals surface area contributed by atoms with Gasteiger partial charge in [-0.2, -0.15) is 0 Å². The molecule has 0 aliphatic carbocycles. The van der Waals surface area contributed by atoms with Gasteiger partial charge in [-0.25, -0.2) is 13.8 Å². The quantitative estimate of drug-likeness (QED) is 0.757. The van der Waals surface area contributed by atoms with E-state index in [9.17, 15) is 8.78 Å². The molecule has 2 rings (SSSR count). The Bertz CT molecular complexity index is 476. The van der Waals surface area contributed by atoms with Crippen LogP contribution in [0.1, 0.15) is 11.4 Å². The van der Waals surface area contributed by atoms with Crippen molar-refractivity contribution in [3.05, 3.63) is 53.6 Å². The van der Waals surface area contributed by atoms with E-state index in [2.05, 4.69) is 4.98 Å². The highest BCUT2D eigenvalue weighted by Crippen LogP contribution is 2.15. The topological polar surface area (TPSA) is 17.8 Å². The van der Waals surface area contributed by atoms with Gasteiger partial charge in [0.25, 0.3) is 0 Å². The van der Waals surface area contributed by atoms with Gasteiger partial charge in [-0.15, -0.1) is 11.6 Å². The van der Waals surface area contributed by atoms with Crippen molar-refractivity contribution in [2.24, 2.45) is 0 Å². The Morgan fingerprint density at radius 2 is 1.94 bits per heavy atom. The Labute approximate surface area is 96.5 Å². The minimum Gasteiger partial charge on any atom is -0.329 e. The zero-order valence-electron chi connectivity index (χ0n) is 8.33. The summed E-state index contributed by atoms with van der Waals surface area (Å²) in [6.07, 6.45) is 3.19. The monoisotopic (exact) mass is 242 g/mol. The summed E-state index contributed by atoms with van der Waals surface area (Å²) >= 11 is 5.65. The molecule has 0 bridgehead atoms. The molecule has 0 amide bonds. The molecule has 2 nitrogen and oxygen atoms in total. The number of aromatic nitrogens is 2. The van der Waals surface area contributed by atoms with Crippen LogP contribution in [-0.2, 0) is 12.4 Å². The summed E-state index contributed by atoms with van der Waals surface area (Å²) in [6.45, 7) is 0.0978. The first kappa shape index (κ1) is 11.1. The minimum absolute atomic E-state index is 0.0202. The van der Waals surface area contributed by atoms with Crippen molar-refractivity contribution >= 4 is 11.6 Å². The predicted molar refractivity (Wildman–Crippen MR) is 57.2 cm³/mol. The smallest absolute Gasteiger partial charge is 0.131 e. The molecule has 0 aliphatic heterocycles. The highest BCUT2D eigenvalue weighted by Gasteiger charge is 2.10. The van der Waals surface area contributed by atoms with E-state index < -0.39 is 11.6 Å². The van der Waals surface area contributed by atoms with E-state index in [1.165, 1.54) is 18.2 Å². The highest BCUT2D eigenvalue weighted by molar-refractivity contribution is 6.16. The van der Waals surface area contributed by atoms with Gasteiger partial charge in [0.15, 0.2) is 0 Å². The average Bonchev–Trinajstić information content (AvgIpc) is 2.71. The summed E-state index contributed by atoms with van der Waals surface area (Å²) in [4.78, 5) is 3.98. The normalized spacial score (nSPS) is 10.7. The lowest BCUT2D eigenvalue weighted by Crippen LogP contribution is -2.06. The highest BCUT2D eigenvalue weighted by atomic mass is 35.5. The Kier molecular flexibility index (Phi) is 3.19. The van der Waals surface area contributed by atoms with Crippen LogP contribution in [0, 0.1) is 11.6 Å². The maximum absolute atomic E-state index is 13.4. The molecule has 2 aromatic rings. The second-order valence-corrected chi connectivity index (χ2v) is 3.57. The largest absolute Gasteiger partial charge is 0.329 e. The third-order valence-electron chi connectivity index (χ3n) is 2.31. The minimum atomic E-state index is -0.561. The first-order chi connectivity index (χ1) is 7.72. The van der Waals surface area contributed by atoms with Crippen LogP contribution in [0.15, 0.2) is 30.6 Å². The number of nitrogens with zero attached hydrogens (tertiary/aromatic N) is 2. The predicted octanol–water partition coefficient (Wildman–Crippen LogP) is 2.95. The first-order valence-electron chi connectivity index (χ1n) is 4.71. The maximum atomic E-state index is 13.4. The Morgan fingerprint density at radius 3 is 2.56 bits per heavy atom. The van der Waals surface area contributed by atoms with Gasteiger partial charge < -0.3 is 4.57 Å². The van der Waals surface area contributed by atoms with Crippen molar-refractivity contribution in [2.75, 3.05) is 0 Å². The number of rotatable bonds is 3. The molecule has 0 fully saturated rings. The zero-order chi connectivity index (χ0) is 11.5. The van der Waals surface area contributed by atoms with E-state index in [1.54, 1.807) is 17.0 Å². The fourth-order valence-corrected chi connectivity index (χ4v) is 1.69. The van der Waals surface area contributed by atoms with Crippen LogP contribution >= 0.6 is 11.6 Å². The number of hydrogen-bond donors (Lipinski definition) is 0. The first-order valence-corrected chi connectivity index (χ1v) is 5.24. The summed E-state index contributed by atoms with van der Waals surface area (Å²) in [5.41, 5.74) is 0.0202. The van der Waals surface area contributed by atoms with E-state index in [0.717, 1.165) is 0 Å². The van der Waals surface area contributed by atoms with E-state index >= 15 is 0 Å². The number of alkyl halides is 1. The van der Waals surface area contributed by atoms with Gasteiger partial charge in [-0.3, -0.25) is 0 Å². The molecule has 1 aromatic carbocycles. The van der Waals surface area contributed by atoms with Crippen LogP contribution in [0.2, 0.25) is 0 Å². The lowest BCUT2D eigenvalue weighted by molar-refractivity contribution is 0.542. The molecular formula is C11H9ClF2N2. The van der Waals surface area contributed by atoms with Crippen LogP contribution in [0.3, 0.4) is 0 Å². The molecule has 1 aromatic heterocycles. The molecule has 84 valence electrons. The van der Waals surface area contributed by atoms with Gasteiger partial charge in [-0.05, 0) is 12.1 Å². The van der Waals surface area contributed by atoms with E-state index in [1.807, 2.05) is 0 Å². The van der Waals surface area contributed by atoms with Crippen molar-refractivity contribution in [3.8, 4) is 0 Å². The standard InChI is InChI=1S/C11H9ClF2N2/c12-6-11-15-4-5-16(11)7-8-9(13)2-1-3-10(8)14/h1-5H,6-7H2. The van der Waals surface area contributed by atoms with Gasteiger partial charge in [0.1, 0.15) is 17.5 Å². The van der Waals surface area contributed by atoms with Crippen LogP contribution in [-0.4, -0.2) is 9.55 Å². The molecule has 5 heteroatoms. The van der Waals surface area contributed by atoms with Crippen molar-refractivity contribution in [1.29, 1.82) is 0 Å². The summed E-state index contributed by atoms with van der Waals surface area (Å²) in [6, 6.07) is 3.80. The summed E-state index contributed by atoms with van der Waals surface area (Å²) < 4.78 is 28.4. The molecule has 0 saturated heterocycles. The van der Waals surface area contributed by atoms with Crippen molar-refractivity contribution in [1.82, 2.24) is 9.55 Å². The molecule has 0 spiro atoms. The van der Waals surface area contributed by atoms with Crippen LogP contribution in [0.5, 0.6) is 0 Å². The van der Waals surface area contributed by atoms with Crippen molar-refractivity contribution < 1.29 is 8.78 Å². The second-order valence-electron chi connectivity index (χ2n) is 3.31. The summed E-state index contributed by atoms with van der Waals surface area (Å²) in [7, 11) is 0. The van der Waals surface area contributed by atoms with Gasteiger partial charge in [0, 0.05) is 18.0 Å². The van der Waals surface area contributed by atoms with Crippen LogP contribution in [0.4, 0.5) is 8.78 Å². The van der Waals surface area contributed by atoms with Crippen LogP contribution in [0.25, 0.3) is 0 Å². The molecule has 0 saturated carbocycles. The fraction of sp³-hybridized carbons (Fsp3) is 0.182. The lowest BCUT2D eigenvalue weighted by atomic mass is 10.2. The zero-order valence-corrected chi connectivity index (χ0v) is 9.09. The molecule has 16 heavy (non-hydrogen) atoms. The third kappa shape index (κ3) is 2.07. The molecular weight excluding hydrogens is 234 g/mol. The van der Waals surface area contributed by atoms with Crippen LogP contribution < -0.4 is 0 Å². The fourth-order valence-electron chi connectivity index (χ4n) is 1.47. The lowest BCUT2D eigenvalue weighted by Gasteiger charge is -2.08. The van der Waals surface area contributed by atoms with E-state index in [4.69, 9.17) is 11.6 Å². The second kappa shape index (κ2) is 4.61. The third-order valence-corrected chi connectivity index (χ3v) is 2.55. The van der Waals surface area contributed by atoms with Gasteiger partial charge in [-0.1, -0.05) is 6.07 Å². The molecule has 0 aliphatic rings. The Hall–Kier alpha value is -1.42. The molecule has 0 unspecified atom stereocenters. The van der Waals surface area contributed by atoms with Crippen molar-refractivity contribution in [2.45, 2.75) is 12.4 Å². The SMILES string of the molecule is Fc1cccc(F)c1Cn1ccnc1CCl. The maximum Gasteiger partial charge on any atom is 0.131 e. The Balaban J connectivity index is 2.34. The Morgan fingerprint density at radius 1 is 1.25 bits per heavy atom. The van der Waals surface area contributed by atoms with Gasteiger partial charge in [0.05, 0.1) is 12.4 Å². The van der Waals surface area contributed by atoms with Crippen molar-refractivity contribution in [3.63, 3.8) is 0 Å². The van der Waals surface area contributed by atoms with E-state index in [0.29, 0.717) is 5.82 Å².